The minimum Gasteiger partial charge on any atom is -0.341 e. The molecule has 0 fully saturated rings. The lowest BCUT2D eigenvalue weighted by Crippen LogP contribution is -1.88. The average molecular weight is 291 g/mol. The van der Waals surface area contributed by atoms with Gasteiger partial charge in [0.1, 0.15) is 16.9 Å². The summed E-state index contributed by atoms with van der Waals surface area (Å²) in [4.78, 5) is 15.6. The van der Waals surface area contributed by atoms with Gasteiger partial charge in [-0.05, 0) is 11.1 Å². The molecule has 3 aromatic rings. The summed E-state index contributed by atoms with van der Waals surface area (Å²) in [5.41, 5.74) is 3.96. The Morgan fingerprint density at radius 3 is 2.95 bits per heavy atom. The molecule has 0 aliphatic rings. The summed E-state index contributed by atoms with van der Waals surface area (Å²) in [6.07, 6.45) is 3.18. The molecule has 0 bridgehead atoms. The number of nitrogens with one attached hydrogen (secondary N) is 1. The van der Waals surface area contributed by atoms with E-state index in [9.17, 15) is 0 Å². The Bertz CT molecular complexity index is 698. The van der Waals surface area contributed by atoms with E-state index in [0.29, 0.717) is 11.5 Å². The predicted molar refractivity (Wildman–Crippen MR) is 77.2 cm³/mol. The maximum Gasteiger partial charge on any atom is 0.181 e. The largest absolute Gasteiger partial charge is 0.341 e. The minimum absolute atomic E-state index is 0.538. The van der Waals surface area contributed by atoms with Gasteiger partial charge < -0.3 is 4.98 Å². The second-order valence-electron chi connectivity index (χ2n) is 4.02. The molecule has 0 atom stereocenters. The summed E-state index contributed by atoms with van der Waals surface area (Å²) in [6.45, 7) is 0. The van der Waals surface area contributed by atoms with E-state index >= 15 is 0 Å². The van der Waals surface area contributed by atoms with E-state index in [-0.39, 0.29) is 0 Å². The van der Waals surface area contributed by atoms with Crippen molar-refractivity contribution in [2.24, 2.45) is 0 Å². The maximum absolute atomic E-state index is 5.84. The van der Waals surface area contributed by atoms with Gasteiger partial charge in [-0.1, -0.05) is 36.0 Å². The summed E-state index contributed by atoms with van der Waals surface area (Å²) in [5.74, 6) is 1.38. The third-order valence-electron chi connectivity index (χ3n) is 2.71. The lowest BCUT2D eigenvalue weighted by molar-refractivity contribution is 1.08. The zero-order chi connectivity index (χ0) is 13.1. The van der Waals surface area contributed by atoms with Crippen LogP contribution in [0.5, 0.6) is 0 Å². The molecule has 0 saturated carbocycles. The number of thioether (sulfide) groups is 1. The first-order chi connectivity index (χ1) is 9.36. The normalized spacial score (nSPS) is 11.0. The average Bonchev–Trinajstić information content (AvgIpc) is 2.94. The number of rotatable bonds is 4. The Hall–Kier alpha value is -1.59. The fourth-order valence-corrected chi connectivity index (χ4v) is 2.87. The molecule has 1 aromatic carbocycles. The third kappa shape index (κ3) is 2.72. The lowest BCUT2D eigenvalue weighted by atomic mass is 10.2. The first-order valence-corrected chi connectivity index (χ1v) is 7.29. The van der Waals surface area contributed by atoms with Gasteiger partial charge >= 0.3 is 0 Å². The number of alkyl halides is 1. The van der Waals surface area contributed by atoms with Crippen molar-refractivity contribution in [2.75, 3.05) is 0 Å². The van der Waals surface area contributed by atoms with Gasteiger partial charge in [-0.25, -0.2) is 15.0 Å². The number of hydrogen-bond acceptors (Lipinski definition) is 4. The van der Waals surface area contributed by atoms with Gasteiger partial charge in [-0.15, -0.1) is 11.6 Å². The Labute approximate surface area is 119 Å². The van der Waals surface area contributed by atoms with E-state index in [2.05, 4.69) is 32.1 Å². The fourth-order valence-electron chi connectivity index (χ4n) is 1.81. The van der Waals surface area contributed by atoms with Crippen LogP contribution in [0.3, 0.4) is 0 Å². The molecule has 96 valence electrons. The van der Waals surface area contributed by atoms with E-state index in [0.717, 1.165) is 21.9 Å². The van der Waals surface area contributed by atoms with Crippen molar-refractivity contribution in [3.8, 4) is 0 Å². The summed E-state index contributed by atoms with van der Waals surface area (Å²) < 4.78 is 0. The molecular formula is C13H11ClN4S. The monoisotopic (exact) mass is 290 g/mol. The van der Waals surface area contributed by atoms with Crippen molar-refractivity contribution in [3.05, 3.63) is 48.0 Å². The second kappa shape index (κ2) is 5.59. The standard InChI is InChI=1S/C13H11ClN4S/c14-5-9-2-1-3-10(4-9)6-19-13-11-12(16-7-15-11)17-8-18-13/h1-4,7-8H,5-6H2,(H,15,16,17,18). The van der Waals surface area contributed by atoms with E-state index in [1.165, 1.54) is 5.56 Å². The highest BCUT2D eigenvalue weighted by atomic mass is 35.5. The van der Waals surface area contributed by atoms with Crippen LogP contribution >= 0.6 is 23.4 Å². The van der Waals surface area contributed by atoms with Crippen LogP contribution in [0.1, 0.15) is 11.1 Å². The number of imidazole rings is 1. The van der Waals surface area contributed by atoms with E-state index in [4.69, 9.17) is 11.6 Å². The molecule has 0 radical (unpaired) electrons. The molecule has 0 aliphatic carbocycles. The van der Waals surface area contributed by atoms with E-state index in [1.807, 2.05) is 12.1 Å². The molecule has 1 N–H and O–H groups in total. The minimum atomic E-state index is 0.538. The number of benzene rings is 1. The summed E-state index contributed by atoms with van der Waals surface area (Å²) in [7, 11) is 0. The van der Waals surface area contributed by atoms with Gasteiger partial charge in [0, 0.05) is 11.6 Å². The second-order valence-corrected chi connectivity index (χ2v) is 5.25. The number of hydrogen-bond donors (Lipinski definition) is 1. The van der Waals surface area contributed by atoms with Crippen LogP contribution in [-0.2, 0) is 11.6 Å². The van der Waals surface area contributed by atoms with Crippen LogP contribution in [0.25, 0.3) is 11.2 Å². The van der Waals surface area contributed by atoms with Crippen molar-refractivity contribution in [1.29, 1.82) is 0 Å². The molecule has 6 heteroatoms. The summed E-state index contributed by atoms with van der Waals surface area (Å²) >= 11 is 7.50. The summed E-state index contributed by atoms with van der Waals surface area (Å²) in [6, 6.07) is 8.26. The Morgan fingerprint density at radius 1 is 1.16 bits per heavy atom. The number of H-pyrrole nitrogens is 1. The maximum atomic E-state index is 5.84. The highest BCUT2D eigenvalue weighted by molar-refractivity contribution is 7.98. The molecule has 0 aliphatic heterocycles. The molecule has 3 rings (SSSR count). The van der Waals surface area contributed by atoms with Crippen molar-refractivity contribution in [3.63, 3.8) is 0 Å². The van der Waals surface area contributed by atoms with Crippen LogP contribution in [0.2, 0.25) is 0 Å². The van der Waals surface area contributed by atoms with Gasteiger partial charge in [-0.2, -0.15) is 0 Å². The fraction of sp³-hybridized carbons (Fsp3) is 0.154. The molecule has 2 heterocycles. The first-order valence-electron chi connectivity index (χ1n) is 5.77. The molecule has 0 spiro atoms. The highest BCUT2D eigenvalue weighted by Gasteiger charge is 2.06. The zero-order valence-corrected chi connectivity index (χ0v) is 11.6. The molecule has 2 aromatic heterocycles. The van der Waals surface area contributed by atoms with Gasteiger partial charge in [0.05, 0.1) is 6.33 Å². The molecule has 4 nitrogen and oxygen atoms in total. The number of fused-ring (bicyclic) bond motifs is 1. The third-order valence-corrected chi connectivity index (χ3v) is 4.08. The van der Waals surface area contributed by atoms with Gasteiger partial charge in [0.25, 0.3) is 0 Å². The SMILES string of the molecule is ClCc1cccc(CSc2ncnc3nc[nH]c23)c1. The Kier molecular flexibility index (Phi) is 3.66. The zero-order valence-electron chi connectivity index (χ0n) is 10.0. The lowest BCUT2D eigenvalue weighted by Gasteiger charge is -2.03. The quantitative estimate of drug-likeness (QED) is 0.455. The molecule has 0 unspecified atom stereocenters. The van der Waals surface area contributed by atoms with Gasteiger partial charge in [-0.3, -0.25) is 0 Å². The van der Waals surface area contributed by atoms with Crippen LogP contribution in [0.15, 0.2) is 41.9 Å². The molecule has 19 heavy (non-hydrogen) atoms. The number of halogens is 1. The Balaban J connectivity index is 1.80. The smallest absolute Gasteiger partial charge is 0.181 e. The number of aromatic nitrogens is 4. The van der Waals surface area contributed by atoms with Gasteiger partial charge in [0.2, 0.25) is 0 Å². The number of nitrogens with zero attached hydrogens (tertiary/aromatic N) is 3. The highest BCUT2D eigenvalue weighted by Crippen LogP contribution is 2.25. The predicted octanol–water partition coefficient (Wildman–Crippen LogP) is 3.38. The first kappa shape index (κ1) is 12.4. The van der Waals surface area contributed by atoms with Crippen molar-refractivity contribution in [2.45, 2.75) is 16.7 Å². The summed E-state index contributed by atoms with van der Waals surface area (Å²) in [5, 5.41) is 0.916. The van der Waals surface area contributed by atoms with Crippen molar-refractivity contribution in [1.82, 2.24) is 19.9 Å². The van der Waals surface area contributed by atoms with Crippen LogP contribution in [0.4, 0.5) is 0 Å². The topological polar surface area (TPSA) is 54.5 Å². The number of aromatic amines is 1. The van der Waals surface area contributed by atoms with Crippen molar-refractivity contribution < 1.29 is 0 Å². The van der Waals surface area contributed by atoms with E-state index < -0.39 is 0 Å². The van der Waals surface area contributed by atoms with Crippen LogP contribution in [0, 0.1) is 0 Å². The van der Waals surface area contributed by atoms with Crippen LogP contribution < -0.4 is 0 Å². The molecular weight excluding hydrogens is 280 g/mol. The molecule has 0 saturated heterocycles. The van der Waals surface area contributed by atoms with Crippen LogP contribution in [-0.4, -0.2) is 19.9 Å². The van der Waals surface area contributed by atoms with E-state index in [1.54, 1.807) is 24.4 Å². The molecule has 0 amide bonds. The van der Waals surface area contributed by atoms with Gasteiger partial charge in [0.15, 0.2) is 5.65 Å². The Morgan fingerprint density at radius 2 is 2.05 bits per heavy atom. The van der Waals surface area contributed by atoms with Crippen molar-refractivity contribution >= 4 is 34.5 Å².